The Labute approximate surface area is 163 Å². The van der Waals surface area contributed by atoms with Crippen LogP contribution in [0, 0.1) is 23.1 Å². The van der Waals surface area contributed by atoms with Crippen LogP contribution < -0.4 is 0 Å². The van der Waals surface area contributed by atoms with E-state index in [4.69, 9.17) is 5.26 Å². The van der Waals surface area contributed by atoms with E-state index in [0.717, 1.165) is 12.3 Å². The minimum atomic E-state index is -0.273. The summed E-state index contributed by atoms with van der Waals surface area (Å²) in [4.78, 5) is 0. The van der Waals surface area contributed by atoms with Crippen LogP contribution in [0.3, 0.4) is 0 Å². The average molecular weight is 364 g/mol. The van der Waals surface area contributed by atoms with Crippen molar-refractivity contribution in [2.75, 3.05) is 0 Å². The lowest BCUT2D eigenvalue weighted by molar-refractivity contribution is 0.304. The minimum Gasteiger partial charge on any atom is -0.207 e. The molecule has 142 valence electrons. The van der Waals surface area contributed by atoms with Gasteiger partial charge in [0.2, 0.25) is 0 Å². The van der Waals surface area contributed by atoms with E-state index in [9.17, 15) is 4.39 Å². The molecule has 0 amide bonds. The summed E-state index contributed by atoms with van der Waals surface area (Å²) in [7, 11) is 0. The van der Waals surface area contributed by atoms with Crippen molar-refractivity contribution in [3.8, 4) is 6.07 Å². The molecule has 0 heterocycles. The van der Waals surface area contributed by atoms with Crippen molar-refractivity contribution < 1.29 is 4.39 Å². The van der Waals surface area contributed by atoms with Crippen molar-refractivity contribution in [3.63, 3.8) is 0 Å². The second-order valence-electron chi connectivity index (χ2n) is 8.02. The molecule has 1 fully saturated rings. The smallest absolute Gasteiger partial charge is 0.127 e. The Morgan fingerprint density at radius 3 is 2.37 bits per heavy atom. The quantitative estimate of drug-likeness (QED) is 0.522. The second-order valence-corrected chi connectivity index (χ2v) is 8.02. The number of unbranched alkanes of at least 4 members (excludes halogenated alkanes) is 1. The first-order valence-corrected chi connectivity index (χ1v) is 10.5. The Hall–Kier alpha value is -2.14. The van der Waals surface area contributed by atoms with Gasteiger partial charge in [-0.05, 0) is 79.2 Å². The lowest BCUT2D eigenvalue weighted by Crippen LogP contribution is -2.13. The van der Waals surface area contributed by atoms with Crippen LogP contribution in [0.5, 0.6) is 0 Å². The number of nitriles is 1. The van der Waals surface area contributed by atoms with Gasteiger partial charge < -0.3 is 0 Å². The molecule has 0 aliphatic heterocycles. The van der Waals surface area contributed by atoms with Crippen molar-refractivity contribution in [1.82, 2.24) is 0 Å². The molecule has 0 radical (unpaired) electrons. The van der Waals surface area contributed by atoms with Crippen molar-refractivity contribution in [1.29, 1.82) is 5.26 Å². The molecule has 27 heavy (non-hydrogen) atoms. The zero-order chi connectivity index (χ0) is 19.1. The van der Waals surface area contributed by atoms with Gasteiger partial charge in [0.25, 0.3) is 0 Å². The molecule has 2 aromatic carbocycles. The number of halogens is 1. The first-order valence-electron chi connectivity index (χ1n) is 10.5. The molecule has 0 spiro atoms. The van der Waals surface area contributed by atoms with Crippen LogP contribution in [0.2, 0.25) is 0 Å². The topological polar surface area (TPSA) is 23.8 Å². The summed E-state index contributed by atoms with van der Waals surface area (Å²) in [6.45, 7) is 2.28. The van der Waals surface area contributed by atoms with Crippen molar-refractivity contribution in [2.45, 2.75) is 70.6 Å². The van der Waals surface area contributed by atoms with E-state index in [-0.39, 0.29) is 5.82 Å². The molecule has 2 heteroatoms. The second kappa shape index (κ2) is 9.70. The lowest BCUT2D eigenvalue weighted by atomic mass is 9.77. The van der Waals surface area contributed by atoms with Gasteiger partial charge in [-0.2, -0.15) is 5.26 Å². The van der Waals surface area contributed by atoms with E-state index < -0.39 is 0 Å². The van der Waals surface area contributed by atoms with E-state index in [0.29, 0.717) is 23.5 Å². The van der Waals surface area contributed by atoms with Crippen LogP contribution in [0.4, 0.5) is 4.39 Å². The summed E-state index contributed by atoms with van der Waals surface area (Å²) in [5.41, 5.74) is 3.78. The fourth-order valence-electron chi connectivity index (χ4n) is 4.33. The fourth-order valence-corrected chi connectivity index (χ4v) is 4.33. The van der Waals surface area contributed by atoms with Crippen LogP contribution in [0.1, 0.15) is 80.0 Å². The summed E-state index contributed by atoms with van der Waals surface area (Å²) < 4.78 is 14.0. The molecule has 1 aliphatic carbocycles. The number of hydrogen-bond acceptors (Lipinski definition) is 1. The van der Waals surface area contributed by atoms with E-state index >= 15 is 0 Å². The molecule has 0 aromatic heterocycles. The van der Waals surface area contributed by atoms with E-state index in [1.807, 2.05) is 6.07 Å². The first-order chi connectivity index (χ1) is 13.2. The summed E-state index contributed by atoms with van der Waals surface area (Å²) in [6.07, 6.45) is 11.0. The van der Waals surface area contributed by atoms with Gasteiger partial charge in [0.05, 0.1) is 11.6 Å². The van der Waals surface area contributed by atoms with Crippen LogP contribution in [-0.2, 0) is 12.8 Å². The van der Waals surface area contributed by atoms with Gasteiger partial charge in [-0.3, -0.25) is 0 Å². The van der Waals surface area contributed by atoms with Crippen LogP contribution in [-0.4, -0.2) is 0 Å². The van der Waals surface area contributed by atoms with Gasteiger partial charge in [0.1, 0.15) is 5.82 Å². The highest BCUT2D eigenvalue weighted by Gasteiger charge is 2.21. The zero-order valence-electron chi connectivity index (χ0n) is 16.4. The third-order valence-corrected chi connectivity index (χ3v) is 6.13. The zero-order valence-corrected chi connectivity index (χ0v) is 16.4. The van der Waals surface area contributed by atoms with Gasteiger partial charge in [0, 0.05) is 0 Å². The predicted octanol–water partition coefficient (Wildman–Crippen LogP) is 6.95. The Morgan fingerprint density at radius 2 is 1.74 bits per heavy atom. The molecule has 1 saturated carbocycles. The van der Waals surface area contributed by atoms with E-state index in [1.165, 1.54) is 62.1 Å². The van der Waals surface area contributed by atoms with Gasteiger partial charge >= 0.3 is 0 Å². The molecule has 2 aromatic rings. The van der Waals surface area contributed by atoms with Gasteiger partial charge in [-0.15, -0.1) is 0 Å². The number of hydrogen-bond donors (Lipinski definition) is 0. The predicted molar refractivity (Wildman–Crippen MR) is 109 cm³/mol. The summed E-state index contributed by atoms with van der Waals surface area (Å²) in [5, 5.41) is 8.83. The van der Waals surface area contributed by atoms with Crippen LogP contribution in [0.15, 0.2) is 42.5 Å². The molecule has 3 rings (SSSR count). The number of benzene rings is 2. The SMILES string of the molecule is CCCCC1CCC(c2ccc(CCc3ccc(C#N)cc3F)cc2)CC1. The van der Waals surface area contributed by atoms with Crippen molar-refractivity contribution in [2.24, 2.45) is 5.92 Å². The number of nitrogens with zero attached hydrogens (tertiary/aromatic N) is 1. The maximum Gasteiger partial charge on any atom is 0.127 e. The monoisotopic (exact) mass is 363 g/mol. The molecular formula is C25H30FN. The third-order valence-electron chi connectivity index (χ3n) is 6.13. The van der Waals surface area contributed by atoms with E-state index in [2.05, 4.69) is 31.2 Å². The molecule has 0 unspecified atom stereocenters. The normalized spacial score (nSPS) is 19.6. The molecule has 0 bridgehead atoms. The Kier molecular flexibility index (Phi) is 7.04. The molecule has 0 saturated heterocycles. The third kappa shape index (κ3) is 5.42. The van der Waals surface area contributed by atoms with Gasteiger partial charge in [-0.1, -0.05) is 56.5 Å². The highest BCUT2D eigenvalue weighted by molar-refractivity contribution is 5.33. The molecule has 0 N–H and O–H groups in total. The van der Waals surface area contributed by atoms with Gasteiger partial charge in [0.15, 0.2) is 0 Å². The van der Waals surface area contributed by atoms with Gasteiger partial charge in [-0.25, -0.2) is 4.39 Å². The maximum absolute atomic E-state index is 14.0. The molecule has 0 atom stereocenters. The highest BCUT2D eigenvalue weighted by atomic mass is 19.1. The lowest BCUT2D eigenvalue weighted by Gasteiger charge is -2.29. The van der Waals surface area contributed by atoms with Crippen LogP contribution >= 0.6 is 0 Å². The number of aryl methyl sites for hydroxylation is 2. The maximum atomic E-state index is 14.0. The average Bonchev–Trinajstić information content (AvgIpc) is 2.72. The van der Waals surface area contributed by atoms with Crippen LogP contribution in [0.25, 0.3) is 0 Å². The first kappa shape index (κ1) is 19.6. The molecule has 1 nitrogen and oxygen atoms in total. The number of rotatable bonds is 7. The summed E-state index contributed by atoms with van der Waals surface area (Å²) in [5.74, 6) is 1.39. The molecule has 1 aliphatic rings. The largest absolute Gasteiger partial charge is 0.207 e. The summed E-state index contributed by atoms with van der Waals surface area (Å²) >= 11 is 0. The highest BCUT2D eigenvalue weighted by Crippen LogP contribution is 2.37. The van der Waals surface area contributed by atoms with Crippen molar-refractivity contribution in [3.05, 3.63) is 70.5 Å². The molecular weight excluding hydrogens is 333 g/mol. The Morgan fingerprint density at radius 1 is 1.00 bits per heavy atom. The Balaban J connectivity index is 1.51. The van der Waals surface area contributed by atoms with E-state index in [1.54, 1.807) is 12.1 Å². The van der Waals surface area contributed by atoms with Crippen molar-refractivity contribution >= 4 is 0 Å². The summed E-state index contributed by atoms with van der Waals surface area (Å²) in [6, 6.07) is 15.7. The minimum absolute atomic E-state index is 0.273. The standard InChI is InChI=1S/C25H30FN/c1-2-3-4-19-5-11-22(12-6-19)23-13-7-20(8-14-23)9-15-24-16-10-21(18-27)17-25(24)26/h7-8,10,13-14,16-17,19,22H,2-6,9,11-12,15H2,1H3. The fraction of sp³-hybridized carbons (Fsp3) is 0.480. The Bertz CT molecular complexity index is 764.